The maximum atomic E-state index is 13.7. The number of imide groups is 1. The summed E-state index contributed by atoms with van der Waals surface area (Å²) in [7, 11) is 0. The van der Waals surface area contributed by atoms with Crippen molar-refractivity contribution in [1.29, 1.82) is 0 Å². The highest BCUT2D eigenvalue weighted by molar-refractivity contribution is 5.96. The summed E-state index contributed by atoms with van der Waals surface area (Å²) >= 11 is 0. The second-order valence-corrected chi connectivity index (χ2v) is 9.47. The Labute approximate surface area is 239 Å². The molecule has 0 aromatic heterocycles. The number of piperazine rings is 1. The summed E-state index contributed by atoms with van der Waals surface area (Å²) in [4.78, 5) is 49.7. The van der Waals surface area contributed by atoms with Crippen LogP contribution in [0.15, 0.2) is 121 Å². The van der Waals surface area contributed by atoms with Gasteiger partial charge in [-0.1, -0.05) is 97.1 Å². The van der Waals surface area contributed by atoms with E-state index in [-0.39, 0.29) is 30.2 Å². The summed E-state index contributed by atoms with van der Waals surface area (Å²) in [6.07, 6.45) is 0.225. The largest absolute Gasteiger partial charge is 0.351 e. The number of hydrogen-bond acceptors (Lipinski definition) is 4. The Bertz CT molecular complexity index is 1390. The number of nitrogens with zero attached hydrogens (tertiary/aromatic N) is 2. The number of nitrogens with one attached hydrogen (secondary N) is 1. The molecular weight excluding hydrogens is 516 g/mol. The predicted octanol–water partition coefficient (Wildman–Crippen LogP) is 4.30. The number of nitrogens with two attached hydrogens (primary N) is 1. The quantitative estimate of drug-likeness (QED) is 0.350. The number of urea groups is 1. The molecule has 1 heterocycles. The van der Waals surface area contributed by atoms with Gasteiger partial charge in [-0.05, 0) is 35.4 Å². The normalized spacial score (nSPS) is 14.4. The number of carbonyl (C=O) groups is 4. The molecular formula is C33H32N4O4. The Hall–Kier alpha value is -5.24. The van der Waals surface area contributed by atoms with Crippen molar-refractivity contribution in [1.82, 2.24) is 15.1 Å². The van der Waals surface area contributed by atoms with Crippen molar-refractivity contribution in [2.75, 3.05) is 19.6 Å². The van der Waals surface area contributed by atoms with Crippen molar-refractivity contribution in [2.24, 2.45) is 5.73 Å². The van der Waals surface area contributed by atoms with Gasteiger partial charge < -0.3 is 15.5 Å². The minimum atomic E-state index is -0.829. The first kappa shape index (κ1) is 28.8. The lowest BCUT2D eigenvalue weighted by Crippen LogP contribution is -2.58. The fraction of sp³-hybridized carbons (Fsp3) is 0.152. The highest BCUT2D eigenvalue weighted by Gasteiger charge is 2.39. The number of benzene rings is 4. The number of carbonyl (C=O) groups excluding carboxylic acids is 4. The minimum Gasteiger partial charge on any atom is -0.351 e. The van der Waals surface area contributed by atoms with E-state index in [1.165, 1.54) is 0 Å². The molecule has 1 unspecified atom stereocenters. The van der Waals surface area contributed by atoms with Crippen LogP contribution in [0.2, 0.25) is 0 Å². The van der Waals surface area contributed by atoms with Crippen LogP contribution >= 0.6 is 0 Å². The zero-order valence-corrected chi connectivity index (χ0v) is 22.5. The summed E-state index contributed by atoms with van der Waals surface area (Å²) in [5.74, 6) is -0.0713. The van der Waals surface area contributed by atoms with Gasteiger partial charge in [-0.15, -0.1) is 0 Å². The fourth-order valence-electron chi connectivity index (χ4n) is 5.06. The van der Waals surface area contributed by atoms with E-state index in [1.807, 2.05) is 107 Å². The molecule has 208 valence electrons. The average Bonchev–Trinajstić information content (AvgIpc) is 3.02. The highest BCUT2D eigenvalue weighted by Crippen LogP contribution is 2.34. The van der Waals surface area contributed by atoms with Crippen LogP contribution in [-0.2, 0) is 4.79 Å². The molecule has 0 aliphatic carbocycles. The molecule has 0 saturated carbocycles. The van der Waals surface area contributed by atoms with Gasteiger partial charge in [0.1, 0.15) is 0 Å². The van der Waals surface area contributed by atoms with Crippen LogP contribution in [0.25, 0.3) is 0 Å². The van der Waals surface area contributed by atoms with Crippen LogP contribution in [0.1, 0.15) is 37.8 Å². The number of rotatable bonds is 6. The van der Waals surface area contributed by atoms with Crippen LogP contribution in [0.5, 0.6) is 0 Å². The van der Waals surface area contributed by atoms with Gasteiger partial charge in [0.2, 0.25) is 6.41 Å². The standard InChI is InChI=1S/C31H28N2O2.C2H4N2O2/c34-30(26-17-9-3-10-18-26)32-21-22-33(31(35)27-19-11-4-12-20-27)28(23-32)29(24-13-5-1-6-14-24)25-15-7-2-8-16-25;3-2(6)4-1-5/h1-20,28-29H,21-23H2;1H,(H3,3,4,5,6). The molecule has 4 aromatic rings. The number of amides is 5. The Morgan fingerprint density at radius 2 is 1.12 bits per heavy atom. The molecule has 1 fully saturated rings. The summed E-state index contributed by atoms with van der Waals surface area (Å²) in [6.45, 7) is 1.44. The molecule has 1 atom stereocenters. The third-order valence-corrected chi connectivity index (χ3v) is 6.91. The van der Waals surface area contributed by atoms with Crippen molar-refractivity contribution < 1.29 is 19.2 Å². The summed E-state index contributed by atoms with van der Waals surface area (Å²) in [6, 6.07) is 38.4. The molecule has 5 rings (SSSR count). The van der Waals surface area contributed by atoms with Gasteiger partial charge in [0.15, 0.2) is 0 Å². The van der Waals surface area contributed by atoms with Crippen LogP contribution in [0.4, 0.5) is 4.79 Å². The molecule has 0 spiro atoms. The molecule has 0 radical (unpaired) electrons. The summed E-state index contributed by atoms with van der Waals surface area (Å²) < 4.78 is 0. The summed E-state index contributed by atoms with van der Waals surface area (Å²) in [5.41, 5.74) is 8.02. The molecule has 1 aliphatic rings. The molecule has 0 bridgehead atoms. The van der Waals surface area contributed by atoms with Crippen molar-refractivity contribution in [3.8, 4) is 0 Å². The molecule has 1 saturated heterocycles. The van der Waals surface area contributed by atoms with Crippen LogP contribution in [0.3, 0.4) is 0 Å². The Morgan fingerprint density at radius 1 is 0.683 bits per heavy atom. The van der Waals surface area contributed by atoms with E-state index in [9.17, 15) is 19.2 Å². The Morgan fingerprint density at radius 3 is 1.54 bits per heavy atom. The second kappa shape index (κ2) is 14.2. The lowest BCUT2D eigenvalue weighted by Gasteiger charge is -2.45. The van der Waals surface area contributed by atoms with E-state index in [0.717, 1.165) is 11.1 Å². The number of hydrogen-bond donors (Lipinski definition) is 2. The van der Waals surface area contributed by atoms with Gasteiger partial charge >= 0.3 is 6.03 Å². The second-order valence-electron chi connectivity index (χ2n) is 9.47. The summed E-state index contributed by atoms with van der Waals surface area (Å²) in [5, 5.41) is 1.67. The monoisotopic (exact) mass is 548 g/mol. The van der Waals surface area contributed by atoms with Crippen LogP contribution in [-0.4, -0.2) is 59.7 Å². The minimum absolute atomic E-state index is 0.000674. The van der Waals surface area contributed by atoms with Crippen molar-refractivity contribution in [3.63, 3.8) is 0 Å². The molecule has 8 heteroatoms. The maximum Gasteiger partial charge on any atom is 0.318 e. The van der Waals surface area contributed by atoms with E-state index in [0.29, 0.717) is 30.8 Å². The van der Waals surface area contributed by atoms with E-state index in [1.54, 1.807) is 5.32 Å². The van der Waals surface area contributed by atoms with Gasteiger partial charge in [-0.3, -0.25) is 19.7 Å². The van der Waals surface area contributed by atoms with Gasteiger partial charge in [-0.2, -0.15) is 0 Å². The van der Waals surface area contributed by atoms with E-state index in [4.69, 9.17) is 0 Å². The molecule has 8 nitrogen and oxygen atoms in total. The number of primary amides is 1. The average molecular weight is 549 g/mol. The van der Waals surface area contributed by atoms with E-state index < -0.39 is 6.03 Å². The molecule has 3 N–H and O–H groups in total. The molecule has 41 heavy (non-hydrogen) atoms. The zero-order valence-electron chi connectivity index (χ0n) is 22.5. The highest BCUT2D eigenvalue weighted by atomic mass is 16.2. The molecule has 5 amide bonds. The Kier molecular flexibility index (Phi) is 9.98. The van der Waals surface area contributed by atoms with Crippen LogP contribution < -0.4 is 11.1 Å². The first-order valence-corrected chi connectivity index (χ1v) is 13.3. The van der Waals surface area contributed by atoms with Crippen LogP contribution in [0, 0.1) is 0 Å². The lowest BCUT2D eigenvalue weighted by molar-refractivity contribution is -0.108. The predicted molar refractivity (Wildman–Crippen MR) is 157 cm³/mol. The first-order chi connectivity index (χ1) is 20.0. The van der Waals surface area contributed by atoms with E-state index >= 15 is 0 Å². The van der Waals surface area contributed by atoms with Gasteiger partial charge in [0.25, 0.3) is 11.8 Å². The van der Waals surface area contributed by atoms with E-state index in [2.05, 4.69) is 30.0 Å². The van der Waals surface area contributed by atoms with Crippen molar-refractivity contribution in [3.05, 3.63) is 144 Å². The fourth-order valence-corrected chi connectivity index (χ4v) is 5.06. The first-order valence-electron chi connectivity index (χ1n) is 13.3. The third-order valence-electron chi connectivity index (χ3n) is 6.91. The van der Waals surface area contributed by atoms with Crippen molar-refractivity contribution in [2.45, 2.75) is 12.0 Å². The lowest BCUT2D eigenvalue weighted by atomic mass is 9.82. The maximum absolute atomic E-state index is 13.7. The zero-order chi connectivity index (χ0) is 29.0. The van der Waals surface area contributed by atoms with Gasteiger partial charge in [0.05, 0.1) is 6.04 Å². The molecule has 1 aliphatic heterocycles. The molecule has 4 aromatic carbocycles. The van der Waals surface area contributed by atoms with Gasteiger partial charge in [0, 0.05) is 36.7 Å². The SMILES string of the molecule is NC(=O)NC=O.O=C(c1ccccc1)N1CCN(C(=O)c2ccccc2)C(C(c2ccccc2)c2ccccc2)C1. The topological polar surface area (TPSA) is 113 Å². The smallest absolute Gasteiger partial charge is 0.318 e. The third kappa shape index (κ3) is 7.45. The Balaban J connectivity index is 0.000000585. The van der Waals surface area contributed by atoms with Crippen molar-refractivity contribution >= 4 is 24.3 Å². The van der Waals surface area contributed by atoms with Gasteiger partial charge in [-0.25, -0.2) is 4.79 Å².